The molecule has 32 heavy (non-hydrogen) atoms. The maximum atomic E-state index is 6.01. The maximum Gasteiger partial charge on any atom is 0.0704 e. The third-order valence-corrected chi connectivity index (χ3v) is 7.17. The lowest BCUT2D eigenvalue weighted by Crippen LogP contribution is -2.38. The van der Waals surface area contributed by atoms with E-state index in [9.17, 15) is 0 Å². The first-order chi connectivity index (χ1) is 15.6. The molecule has 0 spiro atoms. The molecule has 0 aromatic heterocycles. The van der Waals surface area contributed by atoms with Gasteiger partial charge in [-0.1, -0.05) is 49.9 Å². The van der Waals surface area contributed by atoms with Crippen LogP contribution in [-0.2, 0) is 17.6 Å². The van der Waals surface area contributed by atoms with E-state index in [1.54, 1.807) is 0 Å². The summed E-state index contributed by atoms with van der Waals surface area (Å²) in [5.41, 5.74) is 5.23. The van der Waals surface area contributed by atoms with E-state index in [-0.39, 0.29) is 0 Å². The van der Waals surface area contributed by atoms with E-state index in [4.69, 9.17) is 4.74 Å². The largest absolute Gasteiger partial charge is 0.388 e. The van der Waals surface area contributed by atoms with E-state index in [0.717, 1.165) is 56.8 Å². The molecule has 2 aliphatic rings. The normalized spacial score (nSPS) is 25.0. The number of rotatable bonds is 14. The Labute approximate surface area is 196 Å². The third kappa shape index (κ3) is 7.64. The molecule has 4 atom stereocenters. The Morgan fingerprint density at radius 3 is 2.81 bits per heavy atom. The first kappa shape index (κ1) is 24.8. The molecule has 1 aliphatic heterocycles. The first-order valence-electron chi connectivity index (χ1n) is 12.7. The van der Waals surface area contributed by atoms with Crippen LogP contribution in [0.1, 0.15) is 75.0 Å². The number of hydrogen-bond donors (Lipinski definition) is 2. The molecule has 0 radical (unpaired) electrons. The molecular weight excluding hydrogens is 392 g/mol. The second-order valence-electron chi connectivity index (χ2n) is 9.75. The minimum Gasteiger partial charge on any atom is -0.388 e. The Morgan fingerprint density at radius 2 is 2.06 bits per heavy atom. The summed E-state index contributed by atoms with van der Waals surface area (Å²) in [5, 5.41) is 7.35. The van der Waals surface area contributed by atoms with Crippen molar-refractivity contribution < 1.29 is 4.74 Å². The molecule has 0 bridgehead atoms. The van der Waals surface area contributed by atoms with Gasteiger partial charge < -0.3 is 15.4 Å². The molecule has 2 fully saturated rings. The first-order valence-corrected chi connectivity index (χ1v) is 12.7. The van der Waals surface area contributed by atoms with Crippen molar-refractivity contribution in [1.29, 1.82) is 0 Å². The number of nitrogens with one attached hydrogen (secondary N) is 2. The number of benzene rings is 1. The molecule has 1 aliphatic carbocycles. The minimum absolute atomic E-state index is 0.406. The van der Waals surface area contributed by atoms with Gasteiger partial charge in [-0.3, -0.25) is 0 Å². The van der Waals surface area contributed by atoms with E-state index in [1.807, 2.05) is 12.2 Å². The van der Waals surface area contributed by atoms with Crippen LogP contribution in [0.2, 0.25) is 0 Å². The molecule has 3 heteroatoms. The van der Waals surface area contributed by atoms with Crippen LogP contribution < -0.4 is 10.6 Å². The summed E-state index contributed by atoms with van der Waals surface area (Å²) < 4.78 is 6.01. The molecule has 1 saturated carbocycles. The highest BCUT2D eigenvalue weighted by molar-refractivity contribution is 5.53. The highest BCUT2D eigenvalue weighted by atomic mass is 16.5. The molecule has 4 unspecified atom stereocenters. The van der Waals surface area contributed by atoms with Gasteiger partial charge in [0.1, 0.15) is 0 Å². The van der Waals surface area contributed by atoms with Crippen LogP contribution in [0.15, 0.2) is 49.7 Å². The maximum absolute atomic E-state index is 6.01. The number of unbranched alkanes of at least 4 members (excludes halogenated alkanes) is 1. The molecule has 1 saturated heterocycles. The van der Waals surface area contributed by atoms with Crippen molar-refractivity contribution in [2.24, 2.45) is 5.92 Å². The molecule has 3 nitrogen and oxygen atoms in total. The summed E-state index contributed by atoms with van der Waals surface area (Å²) in [6, 6.07) is 7.59. The Kier molecular flexibility index (Phi) is 10.1. The zero-order valence-corrected chi connectivity index (χ0v) is 20.2. The summed E-state index contributed by atoms with van der Waals surface area (Å²) in [6.45, 7) is 16.1. The van der Waals surface area contributed by atoms with Gasteiger partial charge >= 0.3 is 0 Å². The molecular formula is C29H44N2O. The lowest BCUT2D eigenvalue weighted by atomic mass is 9.91. The average molecular weight is 437 g/mol. The van der Waals surface area contributed by atoms with Gasteiger partial charge in [0, 0.05) is 24.8 Å². The quantitative estimate of drug-likeness (QED) is 0.269. The van der Waals surface area contributed by atoms with Gasteiger partial charge in [-0.15, -0.1) is 6.58 Å². The topological polar surface area (TPSA) is 33.3 Å². The number of ether oxygens (including phenoxy) is 1. The predicted molar refractivity (Wildman–Crippen MR) is 138 cm³/mol. The Balaban J connectivity index is 1.50. The fraction of sp³-hybridized carbons (Fsp3) is 0.586. The lowest BCUT2D eigenvalue weighted by Gasteiger charge is -2.23. The SMILES string of the molecule is C=CCCCC(=C)NCCc1cc(CC2CCCC2NCC2CCC(C)O2)ccc1C=C. The van der Waals surface area contributed by atoms with Crippen molar-refractivity contribution >= 4 is 6.08 Å². The molecule has 1 aromatic carbocycles. The molecule has 1 heterocycles. The summed E-state index contributed by atoms with van der Waals surface area (Å²) >= 11 is 0. The van der Waals surface area contributed by atoms with Crippen LogP contribution in [-0.4, -0.2) is 31.3 Å². The van der Waals surface area contributed by atoms with Crippen LogP contribution in [0.4, 0.5) is 0 Å². The van der Waals surface area contributed by atoms with E-state index in [2.05, 4.69) is 55.5 Å². The zero-order chi connectivity index (χ0) is 22.8. The Morgan fingerprint density at radius 1 is 1.19 bits per heavy atom. The summed E-state index contributed by atoms with van der Waals surface area (Å²) in [6.07, 6.45) is 16.5. The average Bonchev–Trinajstić information content (AvgIpc) is 3.41. The lowest BCUT2D eigenvalue weighted by molar-refractivity contribution is 0.0535. The van der Waals surface area contributed by atoms with Crippen molar-refractivity contribution in [3.05, 3.63) is 66.4 Å². The molecule has 3 rings (SSSR count). The van der Waals surface area contributed by atoms with Gasteiger partial charge in [0.2, 0.25) is 0 Å². The van der Waals surface area contributed by atoms with Gasteiger partial charge in [0.25, 0.3) is 0 Å². The summed E-state index contributed by atoms with van der Waals surface area (Å²) in [4.78, 5) is 0. The van der Waals surface area contributed by atoms with Crippen molar-refractivity contribution in [3.8, 4) is 0 Å². The smallest absolute Gasteiger partial charge is 0.0704 e. The van der Waals surface area contributed by atoms with Gasteiger partial charge in [-0.2, -0.15) is 0 Å². The van der Waals surface area contributed by atoms with E-state index in [0.29, 0.717) is 18.2 Å². The van der Waals surface area contributed by atoms with Crippen LogP contribution in [0.5, 0.6) is 0 Å². The van der Waals surface area contributed by atoms with Crippen molar-refractivity contribution in [2.45, 2.75) is 89.4 Å². The van der Waals surface area contributed by atoms with E-state index >= 15 is 0 Å². The van der Waals surface area contributed by atoms with Crippen LogP contribution >= 0.6 is 0 Å². The number of hydrogen-bond acceptors (Lipinski definition) is 3. The van der Waals surface area contributed by atoms with Crippen molar-refractivity contribution in [3.63, 3.8) is 0 Å². The van der Waals surface area contributed by atoms with Gasteiger partial charge in [-0.05, 0) is 87.3 Å². The standard InChI is InChI=1S/C29H44N2O/c1-5-7-8-10-22(3)30-18-17-26-19-24(14-15-25(26)6-2)20-27-11-9-12-29(27)31-21-28-16-13-23(4)32-28/h5-6,14-15,19,23,27-31H,1-3,7-13,16-18,20-21H2,4H3. The zero-order valence-electron chi connectivity index (χ0n) is 20.2. The predicted octanol–water partition coefficient (Wildman–Crippen LogP) is 6.20. The van der Waals surface area contributed by atoms with E-state index < -0.39 is 0 Å². The Bertz CT molecular complexity index is 756. The molecule has 1 aromatic rings. The van der Waals surface area contributed by atoms with Crippen molar-refractivity contribution in [1.82, 2.24) is 10.6 Å². The van der Waals surface area contributed by atoms with E-state index in [1.165, 1.54) is 48.8 Å². The van der Waals surface area contributed by atoms with Crippen molar-refractivity contribution in [2.75, 3.05) is 13.1 Å². The second kappa shape index (κ2) is 13.0. The summed E-state index contributed by atoms with van der Waals surface area (Å²) in [5.74, 6) is 0.721. The fourth-order valence-corrected chi connectivity index (χ4v) is 5.29. The molecule has 2 N–H and O–H groups in total. The van der Waals surface area contributed by atoms with Crippen LogP contribution in [0.3, 0.4) is 0 Å². The second-order valence-corrected chi connectivity index (χ2v) is 9.75. The minimum atomic E-state index is 0.406. The van der Waals surface area contributed by atoms with Crippen LogP contribution in [0.25, 0.3) is 6.08 Å². The van der Waals surface area contributed by atoms with Gasteiger partial charge in [0.05, 0.1) is 12.2 Å². The highest BCUT2D eigenvalue weighted by Gasteiger charge is 2.29. The number of allylic oxidation sites excluding steroid dienone is 2. The third-order valence-electron chi connectivity index (χ3n) is 7.17. The van der Waals surface area contributed by atoms with Crippen LogP contribution in [0, 0.1) is 5.92 Å². The van der Waals surface area contributed by atoms with Gasteiger partial charge in [-0.25, -0.2) is 0 Å². The fourth-order valence-electron chi connectivity index (χ4n) is 5.29. The van der Waals surface area contributed by atoms with Gasteiger partial charge in [0.15, 0.2) is 0 Å². The summed E-state index contributed by atoms with van der Waals surface area (Å²) in [7, 11) is 0. The molecule has 0 amide bonds. The Hall–Kier alpha value is -1.84. The molecule has 176 valence electrons. The monoisotopic (exact) mass is 436 g/mol. The highest BCUT2D eigenvalue weighted by Crippen LogP contribution is 2.30.